The molecule has 1 aromatic heterocycles. The zero-order chi connectivity index (χ0) is 14.4. The molecule has 2 aromatic rings. The van der Waals surface area contributed by atoms with Crippen LogP contribution in [0.15, 0.2) is 24.3 Å². The first-order chi connectivity index (χ1) is 9.52. The van der Waals surface area contributed by atoms with Gasteiger partial charge >= 0.3 is 0 Å². The van der Waals surface area contributed by atoms with E-state index in [1.807, 2.05) is 30.0 Å². The van der Waals surface area contributed by atoms with Crippen LogP contribution in [0, 0.1) is 0 Å². The molecule has 2 heterocycles. The summed E-state index contributed by atoms with van der Waals surface area (Å²) in [6, 6.07) is 7.91. The Balaban J connectivity index is 2.32. The summed E-state index contributed by atoms with van der Waals surface area (Å²) >= 11 is 0. The molecule has 1 aliphatic heterocycles. The normalized spacial score (nSPS) is 18.1. The first-order valence-electron chi connectivity index (χ1n) is 6.92. The Kier molecular flexibility index (Phi) is 2.89. The second-order valence-corrected chi connectivity index (χ2v) is 5.37. The van der Waals surface area contributed by atoms with Crippen molar-refractivity contribution in [1.82, 2.24) is 9.47 Å². The molecular formula is C16H18N2O2. The van der Waals surface area contributed by atoms with Gasteiger partial charge in [-0.2, -0.15) is 0 Å². The lowest BCUT2D eigenvalue weighted by atomic mass is 9.98. The van der Waals surface area contributed by atoms with Crippen molar-refractivity contribution in [1.29, 1.82) is 0 Å². The van der Waals surface area contributed by atoms with E-state index in [4.69, 9.17) is 0 Å². The van der Waals surface area contributed by atoms with Crippen molar-refractivity contribution < 1.29 is 9.59 Å². The number of hydrogen-bond acceptors (Lipinski definition) is 2. The number of nitrogens with zero attached hydrogens (tertiary/aromatic N) is 2. The molecule has 4 nitrogen and oxygen atoms in total. The molecular weight excluding hydrogens is 252 g/mol. The molecule has 0 spiro atoms. The Hall–Kier alpha value is -2.10. The number of benzene rings is 1. The highest BCUT2D eigenvalue weighted by atomic mass is 16.2. The molecule has 0 bridgehead atoms. The van der Waals surface area contributed by atoms with E-state index >= 15 is 0 Å². The highest BCUT2D eigenvalue weighted by Gasteiger charge is 2.32. The molecule has 1 aliphatic rings. The molecule has 0 N–H and O–H groups in total. The number of para-hydroxylation sites is 1. The van der Waals surface area contributed by atoms with Crippen LogP contribution in [-0.4, -0.2) is 27.8 Å². The number of carbonyl (C=O) groups excluding carboxylic acids is 2. The van der Waals surface area contributed by atoms with E-state index in [0.717, 1.165) is 29.6 Å². The van der Waals surface area contributed by atoms with E-state index in [1.165, 1.54) is 5.56 Å². The molecule has 4 heteroatoms. The van der Waals surface area contributed by atoms with Crippen molar-refractivity contribution in [3.63, 3.8) is 0 Å². The van der Waals surface area contributed by atoms with E-state index < -0.39 is 0 Å². The van der Waals surface area contributed by atoms with Gasteiger partial charge in [0, 0.05) is 25.8 Å². The quantitative estimate of drug-likeness (QED) is 0.738. The molecule has 104 valence electrons. The van der Waals surface area contributed by atoms with Crippen molar-refractivity contribution in [2.24, 2.45) is 0 Å². The van der Waals surface area contributed by atoms with Crippen LogP contribution < -0.4 is 0 Å². The number of fused-ring (bicyclic) bond motifs is 3. The second kappa shape index (κ2) is 4.47. The fourth-order valence-electron chi connectivity index (χ4n) is 3.37. The maximum Gasteiger partial charge on any atom is 0.228 e. The summed E-state index contributed by atoms with van der Waals surface area (Å²) in [6.07, 6.45) is 0.806. The monoisotopic (exact) mass is 270 g/mol. The first-order valence-corrected chi connectivity index (χ1v) is 6.92. The third-order valence-electron chi connectivity index (χ3n) is 4.21. The summed E-state index contributed by atoms with van der Waals surface area (Å²) < 4.78 is 1.77. The Morgan fingerprint density at radius 2 is 1.85 bits per heavy atom. The minimum Gasteiger partial charge on any atom is -0.334 e. The van der Waals surface area contributed by atoms with Gasteiger partial charge in [-0.3, -0.25) is 14.2 Å². The van der Waals surface area contributed by atoms with Crippen molar-refractivity contribution in [3.05, 3.63) is 35.5 Å². The Bertz CT molecular complexity index is 715. The Morgan fingerprint density at radius 3 is 2.50 bits per heavy atom. The number of carbonyl (C=O) groups is 2. The van der Waals surface area contributed by atoms with E-state index in [-0.39, 0.29) is 17.9 Å². The van der Waals surface area contributed by atoms with Gasteiger partial charge in [-0.15, -0.1) is 0 Å². The van der Waals surface area contributed by atoms with E-state index in [2.05, 4.69) is 6.07 Å². The van der Waals surface area contributed by atoms with Crippen LogP contribution in [0.5, 0.6) is 0 Å². The third kappa shape index (κ3) is 1.68. The molecule has 0 radical (unpaired) electrons. The highest BCUT2D eigenvalue weighted by molar-refractivity contribution is 5.96. The predicted molar refractivity (Wildman–Crippen MR) is 77.7 cm³/mol. The van der Waals surface area contributed by atoms with Gasteiger partial charge in [0.2, 0.25) is 11.8 Å². The molecule has 1 amide bonds. The van der Waals surface area contributed by atoms with Crippen molar-refractivity contribution in [2.75, 3.05) is 6.54 Å². The molecule has 1 atom stereocenters. The fraction of sp³-hybridized carbons (Fsp3) is 0.375. The van der Waals surface area contributed by atoms with E-state index in [1.54, 1.807) is 18.4 Å². The summed E-state index contributed by atoms with van der Waals surface area (Å²) in [7, 11) is 0. The first kappa shape index (κ1) is 12.9. The topological polar surface area (TPSA) is 42.3 Å². The van der Waals surface area contributed by atoms with Gasteiger partial charge in [-0.25, -0.2) is 0 Å². The van der Waals surface area contributed by atoms with Crippen LogP contribution in [0.3, 0.4) is 0 Å². The smallest absolute Gasteiger partial charge is 0.228 e. The van der Waals surface area contributed by atoms with Gasteiger partial charge < -0.3 is 4.90 Å². The zero-order valence-corrected chi connectivity index (χ0v) is 12.0. The molecule has 0 aliphatic carbocycles. The summed E-state index contributed by atoms with van der Waals surface area (Å²) in [5.74, 6) is 0.0585. The number of amides is 1. The lowest BCUT2D eigenvalue weighted by molar-refractivity contribution is -0.131. The molecule has 20 heavy (non-hydrogen) atoms. The standard InChI is InChI=1S/C16H18N2O2/c1-10-16-14(8-9-17(10)11(2)19)13-6-4-5-7-15(13)18(16)12(3)20/h4-7,10H,8-9H2,1-3H3. The SMILES string of the molecule is CC(=O)N1CCc2c(n(C(C)=O)c3ccccc23)C1C. The molecule has 0 saturated carbocycles. The summed E-state index contributed by atoms with van der Waals surface area (Å²) in [4.78, 5) is 25.7. The van der Waals surface area contributed by atoms with E-state index in [9.17, 15) is 9.59 Å². The van der Waals surface area contributed by atoms with Crippen molar-refractivity contribution in [2.45, 2.75) is 33.2 Å². The van der Waals surface area contributed by atoms with E-state index in [0.29, 0.717) is 0 Å². The van der Waals surface area contributed by atoms with Gasteiger partial charge in [-0.1, -0.05) is 18.2 Å². The van der Waals surface area contributed by atoms with Crippen LogP contribution >= 0.6 is 0 Å². The molecule has 1 unspecified atom stereocenters. The number of rotatable bonds is 0. The van der Waals surface area contributed by atoms with Gasteiger partial charge in [0.25, 0.3) is 0 Å². The lowest BCUT2D eigenvalue weighted by Crippen LogP contribution is -2.38. The minimum atomic E-state index is -0.0625. The largest absolute Gasteiger partial charge is 0.334 e. The molecule has 1 aromatic carbocycles. The Morgan fingerprint density at radius 1 is 1.15 bits per heavy atom. The van der Waals surface area contributed by atoms with Gasteiger partial charge in [0.05, 0.1) is 17.3 Å². The van der Waals surface area contributed by atoms with Crippen LogP contribution in [0.2, 0.25) is 0 Å². The minimum absolute atomic E-state index is 0.000276. The average molecular weight is 270 g/mol. The zero-order valence-electron chi connectivity index (χ0n) is 12.0. The predicted octanol–water partition coefficient (Wildman–Crippen LogP) is 2.77. The van der Waals surface area contributed by atoms with Crippen LogP contribution in [0.25, 0.3) is 10.9 Å². The summed E-state index contributed by atoms with van der Waals surface area (Å²) in [5, 5.41) is 1.13. The second-order valence-electron chi connectivity index (χ2n) is 5.37. The third-order valence-corrected chi connectivity index (χ3v) is 4.21. The Labute approximate surface area is 118 Å². The van der Waals surface area contributed by atoms with Crippen molar-refractivity contribution in [3.8, 4) is 0 Å². The lowest BCUT2D eigenvalue weighted by Gasteiger charge is -2.33. The fourth-order valence-corrected chi connectivity index (χ4v) is 3.37. The molecule has 0 saturated heterocycles. The molecule has 0 fully saturated rings. The summed E-state index contributed by atoms with van der Waals surface area (Å²) in [6.45, 7) is 5.88. The molecule has 3 rings (SSSR count). The van der Waals surface area contributed by atoms with Gasteiger partial charge in [0.15, 0.2) is 0 Å². The average Bonchev–Trinajstić information content (AvgIpc) is 2.74. The maximum atomic E-state index is 12.1. The van der Waals surface area contributed by atoms with Crippen LogP contribution in [0.4, 0.5) is 0 Å². The van der Waals surface area contributed by atoms with Gasteiger partial charge in [-0.05, 0) is 25.0 Å². The van der Waals surface area contributed by atoms with Crippen molar-refractivity contribution >= 4 is 22.7 Å². The summed E-state index contributed by atoms with van der Waals surface area (Å²) in [5.41, 5.74) is 3.13. The number of hydrogen-bond donors (Lipinski definition) is 0. The van der Waals surface area contributed by atoms with Gasteiger partial charge in [0.1, 0.15) is 0 Å². The van der Waals surface area contributed by atoms with Crippen LogP contribution in [0.1, 0.15) is 42.9 Å². The number of aromatic nitrogens is 1. The maximum absolute atomic E-state index is 12.1. The van der Waals surface area contributed by atoms with Crippen LogP contribution in [-0.2, 0) is 11.2 Å². The highest BCUT2D eigenvalue weighted by Crippen LogP contribution is 2.36.